The minimum Gasteiger partial charge on any atom is -0.366 e. The van der Waals surface area contributed by atoms with Gasteiger partial charge in [0.2, 0.25) is 0 Å². The Bertz CT molecular complexity index is 759. The molecule has 2 heterocycles. The Morgan fingerprint density at radius 1 is 1.13 bits per heavy atom. The zero-order valence-corrected chi connectivity index (χ0v) is 13.9. The fourth-order valence-electron chi connectivity index (χ4n) is 2.87. The van der Waals surface area contributed by atoms with Gasteiger partial charge >= 0.3 is 0 Å². The van der Waals surface area contributed by atoms with Gasteiger partial charge in [-0.3, -0.25) is 9.82 Å². The van der Waals surface area contributed by atoms with E-state index in [4.69, 9.17) is 0 Å². The predicted octanol–water partition coefficient (Wildman–Crippen LogP) is 1.97. The number of aryl methyl sites for hydroxylation is 2. The van der Waals surface area contributed by atoms with Crippen LogP contribution >= 0.6 is 0 Å². The largest absolute Gasteiger partial charge is 0.366 e. The molecule has 3 rings (SSSR count). The Kier molecular flexibility index (Phi) is 4.20. The first-order valence-electron chi connectivity index (χ1n) is 7.60. The van der Waals surface area contributed by atoms with Crippen molar-refractivity contribution in [3.63, 3.8) is 0 Å². The molecule has 0 unspecified atom stereocenters. The maximum atomic E-state index is 12.4. The summed E-state index contributed by atoms with van der Waals surface area (Å²) in [4.78, 5) is 0.146. The first-order chi connectivity index (χ1) is 11.0. The van der Waals surface area contributed by atoms with E-state index in [2.05, 4.69) is 30.4 Å². The lowest BCUT2D eigenvalue weighted by atomic mass is 10.2. The standard InChI is InChI=1S/C14H20N6O2S/c1-9-14(10(2)17-16-9)23(21,22)20-13-8-7-12(18-19-13)15-11-5-3-4-6-11/h7-8,11H,3-6H2,1-2H3,(H,15,18)(H,16,17)(H,19,20). The number of hydrogen-bond acceptors (Lipinski definition) is 6. The van der Waals surface area contributed by atoms with Crippen molar-refractivity contribution in [2.24, 2.45) is 0 Å². The maximum Gasteiger partial charge on any atom is 0.266 e. The zero-order chi connectivity index (χ0) is 16.4. The molecule has 1 aliphatic rings. The van der Waals surface area contributed by atoms with Gasteiger partial charge in [0.1, 0.15) is 10.7 Å². The molecule has 9 heteroatoms. The molecule has 3 N–H and O–H groups in total. The van der Waals surface area contributed by atoms with Gasteiger partial charge in [0, 0.05) is 6.04 Å². The van der Waals surface area contributed by atoms with Crippen LogP contribution in [0.15, 0.2) is 17.0 Å². The molecule has 0 atom stereocenters. The van der Waals surface area contributed by atoms with Crippen LogP contribution < -0.4 is 10.0 Å². The van der Waals surface area contributed by atoms with Gasteiger partial charge in [0.15, 0.2) is 5.82 Å². The van der Waals surface area contributed by atoms with E-state index in [1.165, 1.54) is 12.8 Å². The number of anilines is 2. The topological polar surface area (TPSA) is 113 Å². The molecule has 0 spiro atoms. The van der Waals surface area contributed by atoms with E-state index in [0.717, 1.165) is 12.8 Å². The predicted molar refractivity (Wildman–Crippen MR) is 86.8 cm³/mol. The minimum atomic E-state index is -3.73. The van der Waals surface area contributed by atoms with Crippen molar-refractivity contribution in [1.29, 1.82) is 0 Å². The van der Waals surface area contributed by atoms with Crippen LogP contribution in [0.5, 0.6) is 0 Å². The van der Waals surface area contributed by atoms with Gasteiger partial charge in [-0.05, 0) is 38.8 Å². The molecule has 23 heavy (non-hydrogen) atoms. The lowest BCUT2D eigenvalue weighted by Gasteiger charge is -2.12. The number of aromatic amines is 1. The summed E-state index contributed by atoms with van der Waals surface area (Å²) < 4.78 is 27.3. The summed E-state index contributed by atoms with van der Waals surface area (Å²) in [5.41, 5.74) is 0.907. The minimum absolute atomic E-state index is 0.146. The van der Waals surface area contributed by atoms with Crippen molar-refractivity contribution < 1.29 is 8.42 Å². The van der Waals surface area contributed by atoms with Crippen molar-refractivity contribution >= 4 is 21.7 Å². The Morgan fingerprint density at radius 3 is 2.35 bits per heavy atom. The summed E-state index contributed by atoms with van der Waals surface area (Å²) in [7, 11) is -3.73. The number of hydrogen-bond donors (Lipinski definition) is 3. The summed E-state index contributed by atoms with van der Waals surface area (Å²) in [5, 5.41) is 17.9. The maximum absolute atomic E-state index is 12.4. The molecule has 0 aliphatic heterocycles. The van der Waals surface area contributed by atoms with Crippen LogP contribution in [0, 0.1) is 13.8 Å². The number of nitrogens with one attached hydrogen (secondary N) is 3. The van der Waals surface area contributed by atoms with E-state index in [1.54, 1.807) is 26.0 Å². The molecule has 2 aromatic rings. The smallest absolute Gasteiger partial charge is 0.266 e. The Morgan fingerprint density at radius 2 is 1.78 bits per heavy atom. The van der Waals surface area contributed by atoms with Crippen molar-refractivity contribution in [3.8, 4) is 0 Å². The van der Waals surface area contributed by atoms with Crippen LogP contribution in [-0.4, -0.2) is 34.9 Å². The Hall–Kier alpha value is -2.16. The van der Waals surface area contributed by atoms with Gasteiger partial charge in [-0.2, -0.15) is 5.10 Å². The third-order valence-corrected chi connectivity index (χ3v) is 5.56. The number of nitrogens with zero attached hydrogens (tertiary/aromatic N) is 3. The quantitative estimate of drug-likeness (QED) is 0.769. The molecular weight excluding hydrogens is 316 g/mol. The zero-order valence-electron chi connectivity index (χ0n) is 13.1. The number of aromatic nitrogens is 4. The average molecular weight is 336 g/mol. The fourth-order valence-corrected chi connectivity index (χ4v) is 4.24. The van der Waals surface area contributed by atoms with E-state index < -0.39 is 10.0 Å². The molecule has 1 fully saturated rings. The lowest BCUT2D eigenvalue weighted by Crippen LogP contribution is -2.18. The van der Waals surface area contributed by atoms with E-state index in [9.17, 15) is 8.42 Å². The third-order valence-electron chi connectivity index (χ3n) is 3.94. The molecule has 0 amide bonds. The van der Waals surface area contributed by atoms with Crippen LogP contribution in [0.3, 0.4) is 0 Å². The molecule has 2 aromatic heterocycles. The fraction of sp³-hybridized carbons (Fsp3) is 0.500. The SMILES string of the molecule is Cc1n[nH]c(C)c1S(=O)(=O)Nc1ccc(NC2CCCC2)nn1. The first-order valence-corrected chi connectivity index (χ1v) is 9.09. The molecule has 0 bridgehead atoms. The number of rotatable bonds is 5. The summed E-state index contributed by atoms with van der Waals surface area (Å²) in [6.45, 7) is 3.30. The highest BCUT2D eigenvalue weighted by Gasteiger charge is 2.23. The average Bonchev–Trinajstić information content (AvgIpc) is 3.11. The Labute approximate surface area is 135 Å². The summed E-state index contributed by atoms with van der Waals surface area (Å²) in [6, 6.07) is 3.77. The molecular formula is C14H20N6O2S. The number of sulfonamides is 1. The van der Waals surface area contributed by atoms with E-state index in [1.807, 2.05) is 0 Å². The highest BCUT2D eigenvalue weighted by molar-refractivity contribution is 7.92. The van der Waals surface area contributed by atoms with E-state index in [0.29, 0.717) is 23.2 Å². The van der Waals surface area contributed by atoms with Crippen LogP contribution in [0.2, 0.25) is 0 Å². The van der Waals surface area contributed by atoms with Gasteiger partial charge < -0.3 is 5.32 Å². The third kappa shape index (κ3) is 3.44. The molecule has 1 saturated carbocycles. The van der Waals surface area contributed by atoms with Gasteiger partial charge in [-0.1, -0.05) is 12.8 Å². The van der Waals surface area contributed by atoms with Crippen molar-refractivity contribution in [3.05, 3.63) is 23.5 Å². The van der Waals surface area contributed by atoms with Crippen LogP contribution in [-0.2, 0) is 10.0 Å². The molecule has 8 nitrogen and oxygen atoms in total. The van der Waals surface area contributed by atoms with E-state index in [-0.39, 0.29) is 10.7 Å². The molecule has 0 radical (unpaired) electrons. The second-order valence-electron chi connectivity index (χ2n) is 5.80. The van der Waals surface area contributed by atoms with E-state index >= 15 is 0 Å². The normalized spacial score (nSPS) is 15.7. The van der Waals surface area contributed by atoms with Gasteiger partial charge in [0.05, 0.1) is 11.4 Å². The summed E-state index contributed by atoms with van der Waals surface area (Å²) in [6.07, 6.45) is 4.73. The molecule has 0 saturated heterocycles. The van der Waals surface area contributed by atoms with Gasteiger partial charge in [-0.15, -0.1) is 10.2 Å². The Balaban J connectivity index is 1.72. The lowest BCUT2D eigenvalue weighted by molar-refractivity contribution is 0.600. The monoisotopic (exact) mass is 336 g/mol. The van der Waals surface area contributed by atoms with Crippen LogP contribution in [0.25, 0.3) is 0 Å². The van der Waals surface area contributed by atoms with Crippen molar-refractivity contribution in [2.75, 3.05) is 10.0 Å². The van der Waals surface area contributed by atoms with Crippen LogP contribution in [0.4, 0.5) is 11.6 Å². The first kappa shape index (κ1) is 15.7. The highest BCUT2D eigenvalue weighted by atomic mass is 32.2. The van der Waals surface area contributed by atoms with Gasteiger partial charge in [0.25, 0.3) is 10.0 Å². The van der Waals surface area contributed by atoms with Gasteiger partial charge in [-0.25, -0.2) is 8.42 Å². The number of H-pyrrole nitrogens is 1. The van der Waals surface area contributed by atoms with Crippen molar-refractivity contribution in [2.45, 2.75) is 50.5 Å². The second-order valence-corrected chi connectivity index (χ2v) is 7.42. The molecule has 0 aromatic carbocycles. The van der Waals surface area contributed by atoms with Crippen LogP contribution in [0.1, 0.15) is 37.1 Å². The summed E-state index contributed by atoms with van der Waals surface area (Å²) >= 11 is 0. The highest BCUT2D eigenvalue weighted by Crippen LogP contribution is 2.22. The molecule has 1 aliphatic carbocycles. The summed E-state index contributed by atoms with van der Waals surface area (Å²) in [5.74, 6) is 0.845. The second kappa shape index (κ2) is 6.15. The molecule has 124 valence electrons. The van der Waals surface area contributed by atoms with Crippen molar-refractivity contribution in [1.82, 2.24) is 20.4 Å².